The first-order chi connectivity index (χ1) is 12.4. The van der Waals surface area contributed by atoms with E-state index < -0.39 is 9.84 Å². The molecule has 3 rings (SSSR count). The van der Waals surface area contributed by atoms with Gasteiger partial charge in [0.1, 0.15) is 0 Å². The Bertz CT molecular complexity index is 916. The van der Waals surface area contributed by atoms with Crippen molar-refractivity contribution in [3.8, 4) is 0 Å². The zero-order valence-electron chi connectivity index (χ0n) is 14.7. The molecule has 1 atom stereocenters. The van der Waals surface area contributed by atoms with Gasteiger partial charge < -0.3 is 10.2 Å². The number of Topliss-reactive ketones (excluding diaryl/α,β-unsaturated/α-hetero) is 1. The number of nitrogens with zero attached hydrogens (tertiary/aromatic N) is 4. The van der Waals surface area contributed by atoms with Crippen molar-refractivity contribution >= 4 is 33.1 Å². The summed E-state index contributed by atoms with van der Waals surface area (Å²) >= 11 is 0. The van der Waals surface area contributed by atoms with E-state index in [1.807, 2.05) is 17.9 Å². The summed E-state index contributed by atoms with van der Waals surface area (Å²) in [5, 5.41) is 11.0. The molecule has 1 aromatic heterocycles. The van der Waals surface area contributed by atoms with E-state index in [-0.39, 0.29) is 23.3 Å². The largest absolute Gasteiger partial charge is 0.351 e. The predicted molar refractivity (Wildman–Crippen MR) is 99.6 cm³/mol. The first-order valence-electron chi connectivity index (χ1n) is 8.43. The van der Waals surface area contributed by atoms with E-state index in [9.17, 15) is 13.2 Å². The summed E-state index contributed by atoms with van der Waals surface area (Å²) in [6.45, 7) is 4.08. The molecule has 0 saturated carbocycles. The number of hydrogen-bond donors (Lipinski definition) is 1. The van der Waals surface area contributed by atoms with Gasteiger partial charge in [0, 0.05) is 23.8 Å². The third-order valence-corrected chi connectivity index (χ3v) is 6.11. The molecule has 1 saturated heterocycles. The molecular weight excluding hydrogens is 354 g/mol. The van der Waals surface area contributed by atoms with Gasteiger partial charge in [-0.25, -0.2) is 8.42 Å². The molecule has 26 heavy (non-hydrogen) atoms. The normalized spacial score (nSPS) is 18.5. The monoisotopic (exact) mass is 375 g/mol. The Hall–Kier alpha value is -2.55. The number of sulfone groups is 1. The fraction of sp³-hybridized carbons (Fsp3) is 0.412. The van der Waals surface area contributed by atoms with Crippen molar-refractivity contribution in [3.05, 3.63) is 36.0 Å². The number of ketones is 1. The molecule has 1 aromatic carbocycles. The van der Waals surface area contributed by atoms with Crippen molar-refractivity contribution < 1.29 is 13.2 Å². The molecule has 1 aliphatic rings. The lowest BCUT2D eigenvalue weighted by Gasteiger charge is -2.27. The van der Waals surface area contributed by atoms with Crippen LogP contribution in [-0.4, -0.2) is 53.5 Å². The van der Waals surface area contributed by atoms with Gasteiger partial charge in [0.15, 0.2) is 21.4 Å². The number of anilines is 3. The molecule has 0 spiro atoms. The van der Waals surface area contributed by atoms with Crippen molar-refractivity contribution in [2.45, 2.75) is 26.3 Å². The van der Waals surface area contributed by atoms with Crippen LogP contribution in [0.2, 0.25) is 0 Å². The molecule has 0 aliphatic carbocycles. The lowest BCUT2D eigenvalue weighted by Crippen LogP contribution is -2.37. The Kier molecular flexibility index (Phi) is 5.17. The van der Waals surface area contributed by atoms with Gasteiger partial charge in [-0.2, -0.15) is 10.1 Å². The Morgan fingerprint density at radius 3 is 2.85 bits per heavy atom. The van der Waals surface area contributed by atoms with Crippen LogP contribution < -0.4 is 10.2 Å². The summed E-state index contributed by atoms with van der Waals surface area (Å²) < 4.78 is 23.5. The third-order valence-electron chi connectivity index (χ3n) is 4.36. The van der Waals surface area contributed by atoms with Gasteiger partial charge in [-0.15, -0.1) is 5.10 Å². The van der Waals surface area contributed by atoms with Gasteiger partial charge in [-0.3, -0.25) is 4.79 Å². The van der Waals surface area contributed by atoms with Crippen LogP contribution in [0.25, 0.3) is 0 Å². The molecule has 8 nitrogen and oxygen atoms in total. The van der Waals surface area contributed by atoms with E-state index in [0.29, 0.717) is 36.0 Å². The van der Waals surface area contributed by atoms with E-state index in [0.717, 1.165) is 0 Å². The summed E-state index contributed by atoms with van der Waals surface area (Å²) in [5.41, 5.74) is 1.27. The third kappa shape index (κ3) is 4.16. The fourth-order valence-corrected chi connectivity index (χ4v) is 4.79. The molecule has 1 N–H and O–H groups in total. The van der Waals surface area contributed by atoms with Gasteiger partial charge in [0.25, 0.3) is 0 Å². The topological polar surface area (TPSA) is 105 Å². The maximum absolute atomic E-state index is 11.8. The molecule has 9 heteroatoms. The molecule has 0 bridgehead atoms. The highest BCUT2D eigenvalue weighted by molar-refractivity contribution is 7.91. The highest BCUT2D eigenvalue weighted by Crippen LogP contribution is 2.23. The van der Waals surface area contributed by atoms with Crippen molar-refractivity contribution in [1.29, 1.82) is 0 Å². The van der Waals surface area contributed by atoms with E-state index in [4.69, 9.17) is 0 Å². The molecule has 1 aliphatic heterocycles. The second-order valence-corrected chi connectivity index (χ2v) is 8.47. The fourth-order valence-electron chi connectivity index (χ4n) is 3.06. The summed E-state index contributed by atoms with van der Waals surface area (Å²) in [6, 6.07) is 6.94. The zero-order chi connectivity index (χ0) is 18.7. The Balaban J connectivity index is 1.81. The zero-order valence-corrected chi connectivity index (χ0v) is 15.5. The van der Waals surface area contributed by atoms with Crippen LogP contribution in [-0.2, 0) is 9.84 Å². The summed E-state index contributed by atoms with van der Waals surface area (Å²) in [6.07, 6.45) is 2.12. The number of carbonyl (C=O) groups excluding carboxylic acids is 1. The SMILES string of the molecule is CCN(c1cnnc(Nc2cccc(C(C)=O)c2)n1)C1CCS(=O)(=O)C1. The Morgan fingerprint density at radius 2 is 2.19 bits per heavy atom. The molecule has 2 aromatic rings. The van der Waals surface area contributed by atoms with Crippen molar-refractivity contribution in [3.63, 3.8) is 0 Å². The van der Waals surface area contributed by atoms with Crippen molar-refractivity contribution in [1.82, 2.24) is 15.2 Å². The van der Waals surface area contributed by atoms with Crippen LogP contribution in [0.3, 0.4) is 0 Å². The van der Waals surface area contributed by atoms with Gasteiger partial charge >= 0.3 is 0 Å². The number of hydrogen-bond acceptors (Lipinski definition) is 8. The van der Waals surface area contributed by atoms with Crippen LogP contribution in [0.1, 0.15) is 30.6 Å². The minimum Gasteiger partial charge on any atom is -0.351 e. The Labute approximate surface area is 152 Å². The van der Waals surface area contributed by atoms with E-state index in [2.05, 4.69) is 20.5 Å². The van der Waals surface area contributed by atoms with E-state index in [1.165, 1.54) is 13.1 Å². The van der Waals surface area contributed by atoms with Crippen molar-refractivity contribution in [2.24, 2.45) is 0 Å². The van der Waals surface area contributed by atoms with Crippen molar-refractivity contribution in [2.75, 3.05) is 28.3 Å². The number of benzene rings is 1. The van der Waals surface area contributed by atoms with Gasteiger partial charge in [0.2, 0.25) is 5.95 Å². The van der Waals surface area contributed by atoms with E-state index in [1.54, 1.807) is 18.2 Å². The molecule has 138 valence electrons. The number of nitrogens with one attached hydrogen (secondary N) is 1. The quantitative estimate of drug-likeness (QED) is 0.763. The summed E-state index contributed by atoms with van der Waals surface area (Å²) in [4.78, 5) is 17.9. The van der Waals surface area contributed by atoms with Crippen LogP contribution >= 0.6 is 0 Å². The molecule has 1 unspecified atom stereocenters. The molecule has 0 radical (unpaired) electrons. The summed E-state index contributed by atoms with van der Waals surface area (Å²) in [7, 11) is -2.98. The molecule has 0 amide bonds. The highest BCUT2D eigenvalue weighted by Gasteiger charge is 2.32. The average molecular weight is 375 g/mol. The van der Waals surface area contributed by atoms with Gasteiger partial charge in [-0.1, -0.05) is 12.1 Å². The van der Waals surface area contributed by atoms with Crippen LogP contribution in [0.5, 0.6) is 0 Å². The number of rotatable bonds is 6. The standard InChI is InChI=1S/C17H21N5O3S/c1-3-22(15-7-8-26(24,25)11-15)16-10-18-21-17(20-16)19-14-6-4-5-13(9-14)12(2)23/h4-6,9-10,15H,3,7-8,11H2,1-2H3,(H,19,20,21). The maximum Gasteiger partial charge on any atom is 0.249 e. The molecule has 2 heterocycles. The summed E-state index contributed by atoms with van der Waals surface area (Å²) in [5.74, 6) is 1.18. The number of carbonyl (C=O) groups is 1. The smallest absolute Gasteiger partial charge is 0.249 e. The first-order valence-corrected chi connectivity index (χ1v) is 10.2. The lowest BCUT2D eigenvalue weighted by atomic mass is 10.1. The minimum atomic E-state index is -2.98. The average Bonchev–Trinajstić information content (AvgIpc) is 2.96. The van der Waals surface area contributed by atoms with Crippen LogP contribution in [0, 0.1) is 0 Å². The highest BCUT2D eigenvalue weighted by atomic mass is 32.2. The Morgan fingerprint density at radius 1 is 1.38 bits per heavy atom. The first kappa shape index (κ1) is 18.2. The minimum absolute atomic E-state index is 0.0268. The second-order valence-electron chi connectivity index (χ2n) is 6.24. The van der Waals surface area contributed by atoms with Crippen LogP contribution in [0.15, 0.2) is 30.5 Å². The maximum atomic E-state index is 11.8. The molecular formula is C17H21N5O3S. The van der Waals surface area contributed by atoms with Gasteiger partial charge in [0.05, 0.1) is 17.7 Å². The lowest BCUT2D eigenvalue weighted by molar-refractivity contribution is 0.101. The molecule has 1 fully saturated rings. The van der Waals surface area contributed by atoms with Gasteiger partial charge in [-0.05, 0) is 32.4 Å². The van der Waals surface area contributed by atoms with E-state index >= 15 is 0 Å². The number of aromatic nitrogens is 3. The second kappa shape index (κ2) is 7.36. The predicted octanol–water partition coefficient (Wildman–Crippen LogP) is 1.83. The van der Waals surface area contributed by atoms with Crippen LogP contribution in [0.4, 0.5) is 17.5 Å².